The lowest BCUT2D eigenvalue weighted by molar-refractivity contribution is 0.0753. The number of rotatable bonds is 5. The molecule has 2 rings (SSSR count). The first-order valence-electron chi connectivity index (χ1n) is 6.37. The fourth-order valence-corrected chi connectivity index (χ4v) is 2.35. The third-order valence-electron chi connectivity index (χ3n) is 3.02. The number of aromatic nitrogens is 1. The topological polar surface area (TPSA) is 45.2 Å². The van der Waals surface area contributed by atoms with Crippen molar-refractivity contribution < 1.29 is 4.79 Å². The number of halogens is 1. The van der Waals surface area contributed by atoms with Crippen LogP contribution in [0.2, 0.25) is 0 Å². The van der Waals surface area contributed by atoms with Gasteiger partial charge in [-0.2, -0.15) is 0 Å². The molecule has 4 nitrogen and oxygen atoms in total. The summed E-state index contributed by atoms with van der Waals surface area (Å²) < 4.78 is 0.833. The van der Waals surface area contributed by atoms with Crippen LogP contribution in [0, 0.1) is 0 Å². The molecule has 1 aliphatic rings. The van der Waals surface area contributed by atoms with Crippen molar-refractivity contribution in [1.29, 1.82) is 0 Å². The minimum Gasteiger partial charge on any atom is -0.370 e. The number of pyridine rings is 1. The van der Waals surface area contributed by atoms with Crippen molar-refractivity contribution in [2.24, 2.45) is 0 Å². The quantitative estimate of drug-likeness (QED) is 0.909. The Morgan fingerprint density at radius 1 is 1.56 bits per heavy atom. The molecule has 0 spiro atoms. The van der Waals surface area contributed by atoms with Gasteiger partial charge in [0.1, 0.15) is 5.82 Å². The maximum absolute atomic E-state index is 12.5. The van der Waals surface area contributed by atoms with Crippen LogP contribution in [0.5, 0.6) is 0 Å². The van der Waals surface area contributed by atoms with Crippen LogP contribution >= 0.6 is 15.9 Å². The molecule has 5 heteroatoms. The van der Waals surface area contributed by atoms with Crippen molar-refractivity contribution in [2.45, 2.75) is 32.7 Å². The van der Waals surface area contributed by atoms with Crippen LogP contribution in [0.1, 0.15) is 37.0 Å². The van der Waals surface area contributed by atoms with E-state index in [0.717, 1.165) is 30.4 Å². The van der Waals surface area contributed by atoms with E-state index in [2.05, 4.69) is 26.2 Å². The number of carbonyl (C=O) groups excluding carboxylic acids is 1. The van der Waals surface area contributed by atoms with Gasteiger partial charge in [-0.25, -0.2) is 4.98 Å². The van der Waals surface area contributed by atoms with Crippen LogP contribution in [-0.2, 0) is 0 Å². The summed E-state index contributed by atoms with van der Waals surface area (Å²) in [4.78, 5) is 18.7. The summed E-state index contributed by atoms with van der Waals surface area (Å²) in [6, 6.07) is 2.27. The first kappa shape index (κ1) is 13.3. The second-order valence-electron chi connectivity index (χ2n) is 4.40. The van der Waals surface area contributed by atoms with Crippen LogP contribution in [0.25, 0.3) is 0 Å². The Balaban J connectivity index is 2.29. The number of nitrogens with one attached hydrogen (secondary N) is 1. The predicted molar refractivity (Wildman–Crippen MR) is 75.8 cm³/mol. The first-order valence-corrected chi connectivity index (χ1v) is 7.17. The summed E-state index contributed by atoms with van der Waals surface area (Å²) in [7, 11) is 0. The summed E-state index contributed by atoms with van der Waals surface area (Å²) in [5.74, 6) is 0.745. The molecule has 1 amide bonds. The fourth-order valence-electron chi connectivity index (χ4n) is 2.02. The van der Waals surface area contributed by atoms with Gasteiger partial charge in [-0.05, 0) is 48.7 Å². The number of amides is 1. The largest absolute Gasteiger partial charge is 0.370 e. The molecule has 1 aromatic rings. The highest BCUT2D eigenvalue weighted by atomic mass is 79.9. The molecule has 0 radical (unpaired) electrons. The zero-order valence-electron chi connectivity index (χ0n) is 10.7. The number of nitrogens with zero attached hydrogens (tertiary/aromatic N) is 2. The summed E-state index contributed by atoms with van der Waals surface area (Å²) >= 11 is 3.38. The van der Waals surface area contributed by atoms with E-state index in [1.807, 2.05) is 24.8 Å². The summed E-state index contributed by atoms with van der Waals surface area (Å²) in [6.07, 6.45) is 3.96. The predicted octanol–water partition coefficient (Wildman–Crippen LogP) is 2.90. The molecule has 1 aliphatic carbocycles. The lowest BCUT2D eigenvalue weighted by Crippen LogP contribution is -2.33. The average molecular weight is 312 g/mol. The molecule has 1 heterocycles. The van der Waals surface area contributed by atoms with E-state index in [1.54, 1.807) is 6.20 Å². The van der Waals surface area contributed by atoms with Crippen molar-refractivity contribution in [3.63, 3.8) is 0 Å². The van der Waals surface area contributed by atoms with Gasteiger partial charge in [-0.3, -0.25) is 4.79 Å². The van der Waals surface area contributed by atoms with Gasteiger partial charge in [0.2, 0.25) is 0 Å². The van der Waals surface area contributed by atoms with Gasteiger partial charge in [0.05, 0.1) is 5.56 Å². The highest BCUT2D eigenvalue weighted by Crippen LogP contribution is 2.29. The molecule has 0 bridgehead atoms. The molecule has 0 atom stereocenters. The molecular formula is C13H18BrN3O. The zero-order chi connectivity index (χ0) is 13.1. The van der Waals surface area contributed by atoms with Crippen LogP contribution in [-0.4, -0.2) is 34.9 Å². The normalized spacial score (nSPS) is 14.4. The third kappa shape index (κ3) is 2.83. The van der Waals surface area contributed by atoms with Gasteiger partial charge in [0.25, 0.3) is 5.91 Å². The smallest absolute Gasteiger partial charge is 0.257 e. The summed E-state index contributed by atoms with van der Waals surface area (Å²) in [5, 5.41) is 3.14. The van der Waals surface area contributed by atoms with Gasteiger partial charge in [0.15, 0.2) is 0 Å². The molecule has 1 aromatic heterocycles. The lowest BCUT2D eigenvalue weighted by atomic mass is 10.2. The maximum Gasteiger partial charge on any atom is 0.257 e. The molecule has 1 N–H and O–H groups in total. The Morgan fingerprint density at radius 2 is 2.28 bits per heavy atom. The molecule has 1 saturated carbocycles. The number of anilines is 1. The Labute approximate surface area is 116 Å². The van der Waals surface area contributed by atoms with Crippen molar-refractivity contribution in [2.75, 3.05) is 18.4 Å². The minimum absolute atomic E-state index is 0.0738. The second kappa shape index (κ2) is 5.69. The highest BCUT2D eigenvalue weighted by Gasteiger charge is 2.32. The van der Waals surface area contributed by atoms with Gasteiger partial charge >= 0.3 is 0 Å². The molecule has 0 unspecified atom stereocenters. The molecule has 0 saturated heterocycles. The number of hydrogen-bond donors (Lipinski definition) is 1. The lowest BCUT2D eigenvalue weighted by Gasteiger charge is -2.21. The molecule has 18 heavy (non-hydrogen) atoms. The van der Waals surface area contributed by atoms with E-state index in [4.69, 9.17) is 0 Å². The Morgan fingerprint density at radius 3 is 2.83 bits per heavy atom. The standard InChI is InChI=1S/C13H18BrN3O/c1-3-15-12-11(7-9(14)8-16-12)13(18)17(4-2)10-5-6-10/h7-8,10H,3-6H2,1-2H3,(H,15,16). The fraction of sp³-hybridized carbons (Fsp3) is 0.538. The maximum atomic E-state index is 12.5. The van der Waals surface area contributed by atoms with Gasteiger partial charge in [0, 0.05) is 29.8 Å². The van der Waals surface area contributed by atoms with Crippen molar-refractivity contribution in [1.82, 2.24) is 9.88 Å². The van der Waals surface area contributed by atoms with E-state index in [1.165, 1.54) is 0 Å². The van der Waals surface area contributed by atoms with E-state index >= 15 is 0 Å². The molecular weight excluding hydrogens is 294 g/mol. The monoisotopic (exact) mass is 311 g/mol. The van der Waals surface area contributed by atoms with Crippen molar-refractivity contribution in [3.05, 3.63) is 22.3 Å². The van der Waals surface area contributed by atoms with Crippen LogP contribution in [0.15, 0.2) is 16.7 Å². The van der Waals surface area contributed by atoms with E-state index in [-0.39, 0.29) is 5.91 Å². The average Bonchev–Trinajstić information content (AvgIpc) is 3.17. The third-order valence-corrected chi connectivity index (χ3v) is 3.45. The van der Waals surface area contributed by atoms with Gasteiger partial charge in [-0.15, -0.1) is 0 Å². The Bertz CT molecular complexity index is 446. The van der Waals surface area contributed by atoms with Crippen LogP contribution in [0.3, 0.4) is 0 Å². The molecule has 98 valence electrons. The SMILES string of the molecule is CCNc1ncc(Br)cc1C(=O)N(CC)C1CC1. The van der Waals surface area contributed by atoms with E-state index < -0.39 is 0 Å². The zero-order valence-corrected chi connectivity index (χ0v) is 12.3. The second-order valence-corrected chi connectivity index (χ2v) is 5.32. The first-order chi connectivity index (χ1) is 8.67. The van der Waals surface area contributed by atoms with E-state index in [9.17, 15) is 4.79 Å². The summed E-state index contributed by atoms with van der Waals surface area (Å²) in [6.45, 7) is 5.52. The number of carbonyl (C=O) groups is 1. The highest BCUT2D eigenvalue weighted by molar-refractivity contribution is 9.10. The van der Waals surface area contributed by atoms with Crippen LogP contribution < -0.4 is 5.32 Å². The van der Waals surface area contributed by atoms with Gasteiger partial charge in [-0.1, -0.05) is 0 Å². The number of hydrogen-bond acceptors (Lipinski definition) is 3. The molecule has 1 fully saturated rings. The Hall–Kier alpha value is -1.10. The van der Waals surface area contributed by atoms with Gasteiger partial charge < -0.3 is 10.2 Å². The van der Waals surface area contributed by atoms with Crippen molar-refractivity contribution in [3.8, 4) is 0 Å². The minimum atomic E-state index is 0.0738. The van der Waals surface area contributed by atoms with Crippen molar-refractivity contribution >= 4 is 27.7 Å². The Kier molecular flexibility index (Phi) is 4.22. The molecule has 0 aliphatic heterocycles. The summed E-state index contributed by atoms with van der Waals surface area (Å²) in [5.41, 5.74) is 0.653. The van der Waals surface area contributed by atoms with E-state index in [0.29, 0.717) is 17.4 Å². The van der Waals surface area contributed by atoms with Crippen LogP contribution in [0.4, 0.5) is 5.82 Å². The molecule has 0 aromatic carbocycles.